The van der Waals surface area contributed by atoms with Gasteiger partial charge in [-0.3, -0.25) is 4.79 Å². The molecule has 1 saturated carbocycles. The number of benzene rings is 1. The van der Waals surface area contributed by atoms with Crippen LogP contribution >= 0.6 is 0 Å². The van der Waals surface area contributed by atoms with E-state index in [2.05, 4.69) is 13.0 Å². The van der Waals surface area contributed by atoms with Crippen molar-refractivity contribution in [3.63, 3.8) is 0 Å². The Hall–Kier alpha value is -1.55. The van der Waals surface area contributed by atoms with Gasteiger partial charge >= 0.3 is 0 Å². The van der Waals surface area contributed by atoms with Crippen LogP contribution < -0.4 is 5.73 Å². The van der Waals surface area contributed by atoms with Crippen LogP contribution in [0.4, 0.5) is 5.69 Å². The molecule has 0 bridgehead atoms. The number of anilines is 1. The maximum Gasteiger partial charge on any atom is 0.256 e. The predicted molar refractivity (Wildman–Crippen MR) is 83.3 cm³/mol. The minimum Gasteiger partial charge on any atom is -0.398 e. The molecule has 0 atom stereocenters. The van der Waals surface area contributed by atoms with Gasteiger partial charge in [-0.05, 0) is 55.7 Å². The van der Waals surface area contributed by atoms with E-state index in [0.29, 0.717) is 24.3 Å². The van der Waals surface area contributed by atoms with Crippen LogP contribution in [0, 0.1) is 0 Å². The number of rotatable bonds is 3. The van der Waals surface area contributed by atoms with Gasteiger partial charge in [0.05, 0.1) is 11.7 Å². The first-order chi connectivity index (χ1) is 10.1. The van der Waals surface area contributed by atoms with Crippen LogP contribution in [0.5, 0.6) is 0 Å². The molecule has 1 heterocycles. The molecule has 0 unspecified atom stereocenters. The van der Waals surface area contributed by atoms with Crippen molar-refractivity contribution >= 4 is 11.6 Å². The number of carbonyl (C=O) groups is 1. The average molecular weight is 288 g/mol. The fourth-order valence-corrected chi connectivity index (χ4v) is 3.76. The monoisotopic (exact) mass is 288 g/mol. The van der Waals surface area contributed by atoms with E-state index >= 15 is 0 Å². The van der Waals surface area contributed by atoms with Gasteiger partial charge in [0.25, 0.3) is 5.91 Å². The van der Waals surface area contributed by atoms with Gasteiger partial charge in [-0.2, -0.15) is 0 Å². The number of nitrogens with two attached hydrogens (primary N) is 1. The van der Waals surface area contributed by atoms with E-state index in [0.717, 1.165) is 43.4 Å². The molecule has 2 N–H and O–H groups in total. The first-order valence-electron chi connectivity index (χ1n) is 7.90. The molecule has 21 heavy (non-hydrogen) atoms. The summed E-state index contributed by atoms with van der Waals surface area (Å²) in [4.78, 5) is 14.0. The molecule has 1 fully saturated rings. The van der Waals surface area contributed by atoms with Crippen molar-refractivity contribution < 1.29 is 9.53 Å². The summed E-state index contributed by atoms with van der Waals surface area (Å²) in [7, 11) is 1.84. The molecule has 0 saturated heterocycles. The lowest BCUT2D eigenvalue weighted by Crippen LogP contribution is -2.21. The molecule has 0 radical (unpaired) electrons. The summed E-state index contributed by atoms with van der Waals surface area (Å²) >= 11 is 0. The number of hydrogen-bond acceptors (Lipinski definition) is 3. The highest BCUT2D eigenvalue weighted by atomic mass is 16.5. The molecule has 0 aromatic heterocycles. The van der Waals surface area contributed by atoms with E-state index in [9.17, 15) is 4.79 Å². The standard InChI is InChI=1S/C17H24N2O2/c1-3-21-12-6-4-11(5-7-12)13-8-9-15(18)16-14(13)10-19(2)17(16)20/h8-9,11-12H,3-7,10,18H2,1-2H3/t11-,12+. The van der Waals surface area contributed by atoms with Gasteiger partial charge in [-0.25, -0.2) is 0 Å². The average Bonchev–Trinajstić information content (AvgIpc) is 2.78. The summed E-state index contributed by atoms with van der Waals surface area (Å²) < 4.78 is 5.73. The molecule has 3 rings (SSSR count). The SMILES string of the molecule is CCO[C@H]1CC[C@@H](c2ccc(N)c3c2CN(C)C3=O)CC1. The molecular weight excluding hydrogens is 264 g/mol. The van der Waals surface area contributed by atoms with Gasteiger partial charge in [-0.15, -0.1) is 0 Å². The van der Waals surface area contributed by atoms with Crippen LogP contribution in [-0.2, 0) is 11.3 Å². The van der Waals surface area contributed by atoms with Crippen LogP contribution in [0.1, 0.15) is 60.0 Å². The van der Waals surface area contributed by atoms with Crippen molar-refractivity contribution in [1.29, 1.82) is 0 Å². The molecule has 1 aliphatic heterocycles. The number of carbonyl (C=O) groups excluding carboxylic acids is 1. The lowest BCUT2D eigenvalue weighted by Gasteiger charge is -2.29. The topological polar surface area (TPSA) is 55.6 Å². The number of nitrogens with zero attached hydrogens (tertiary/aromatic N) is 1. The Bertz CT molecular complexity index is 548. The first kappa shape index (κ1) is 14.4. The Balaban J connectivity index is 1.84. The Kier molecular flexibility index (Phi) is 3.89. The van der Waals surface area contributed by atoms with Gasteiger partial charge in [0, 0.05) is 25.9 Å². The number of nitrogen functional groups attached to an aromatic ring is 1. The third kappa shape index (κ3) is 2.53. The minimum absolute atomic E-state index is 0.0624. The third-order valence-electron chi connectivity index (χ3n) is 4.85. The minimum atomic E-state index is 0.0624. The highest BCUT2D eigenvalue weighted by Crippen LogP contribution is 2.40. The van der Waals surface area contributed by atoms with Gasteiger partial charge in [0.1, 0.15) is 0 Å². The highest BCUT2D eigenvalue weighted by molar-refractivity contribution is 6.03. The van der Waals surface area contributed by atoms with Crippen LogP contribution in [-0.4, -0.2) is 30.6 Å². The van der Waals surface area contributed by atoms with Crippen molar-refractivity contribution in [2.75, 3.05) is 19.4 Å². The summed E-state index contributed by atoms with van der Waals surface area (Å²) in [5.74, 6) is 0.600. The number of amides is 1. The van der Waals surface area contributed by atoms with E-state index in [1.807, 2.05) is 13.1 Å². The van der Waals surface area contributed by atoms with E-state index in [4.69, 9.17) is 10.5 Å². The van der Waals surface area contributed by atoms with Crippen molar-refractivity contribution in [2.45, 2.75) is 51.2 Å². The zero-order valence-electron chi connectivity index (χ0n) is 12.9. The second-order valence-electron chi connectivity index (χ2n) is 6.19. The van der Waals surface area contributed by atoms with E-state index in [1.54, 1.807) is 4.90 Å². The predicted octanol–water partition coefficient (Wildman–Crippen LogP) is 2.92. The molecule has 1 aromatic rings. The first-order valence-corrected chi connectivity index (χ1v) is 7.90. The zero-order valence-corrected chi connectivity index (χ0v) is 12.9. The van der Waals surface area contributed by atoms with Crippen molar-refractivity contribution in [2.24, 2.45) is 0 Å². The van der Waals surface area contributed by atoms with Gasteiger partial charge in [0.15, 0.2) is 0 Å². The van der Waals surface area contributed by atoms with Crippen LogP contribution in [0.15, 0.2) is 12.1 Å². The fraction of sp³-hybridized carbons (Fsp3) is 0.588. The summed E-state index contributed by atoms with van der Waals surface area (Å²) in [5.41, 5.74) is 9.85. The molecular formula is C17H24N2O2. The summed E-state index contributed by atoms with van der Waals surface area (Å²) in [6, 6.07) is 4.03. The summed E-state index contributed by atoms with van der Waals surface area (Å²) in [6.07, 6.45) is 4.91. The largest absolute Gasteiger partial charge is 0.398 e. The summed E-state index contributed by atoms with van der Waals surface area (Å²) in [6.45, 7) is 3.55. The second-order valence-corrected chi connectivity index (χ2v) is 6.19. The Morgan fingerprint density at radius 2 is 2.00 bits per heavy atom. The lowest BCUT2D eigenvalue weighted by molar-refractivity contribution is 0.0327. The zero-order chi connectivity index (χ0) is 15.0. The molecule has 1 aliphatic carbocycles. The van der Waals surface area contributed by atoms with Gasteiger partial charge in [0.2, 0.25) is 0 Å². The van der Waals surface area contributed by atoms with Crippen molar-refractivity contribution in [1.82, 2.24) is 4.90 Å². The van der Waals surface area contributed by atoms with E-state index < -0.39 is 0 Å². The smallest absolute Gasteiger partial charge is 0.256 e. The lowest BCUT2D eigenvalue weighted by atomic mass is 9.80. The maximum atomic E-state index is 12.2. The Labute approximate surface area is 126 Å². The summed E-state index contributed by atoms with van der Waals surface area (Å²) in [5, 5.41) is 0. The van der Waals surface area contributed by atoms with E-state index in [1.165, 1.54) is 5.56 Å². The van der Waals surface area contributed by atoms with E-state index in [-0.39, 0.29) is 5.91 Å². The Morgan fingerprint density at radius 3 is 2.67 bits per heavy atom. The Morgan fingerprint density at radius 1 is 1.29 bits per heavy atom. The van der Waals surface area contributed by atoms with Crippen LogP contribution in [0.2, 0.25) is 0 Å². The number of fused-ring (bicyclic) bond motifs is 1. The molecule has 0 spiro atoms. The normalized spacial score (nSPS) is 25.2. The molecule has 2 aliphatic rings. The highest BCUT2D eigenvalue weighted by Gasteiger charge is 2.32. The quantitative estimate of drug-likeness (QED) is 0.870. The molecule has 1 amide bonds. The fourth-order valence-electron chi connectivity index (χ4n) is 3.76. The number of hydrogen-bond donors (Lipinski definition) is 1. The molecule has 114 valence electrons. The number of ether oxygens (including phenoxy) is 1. The maximum absolute atomic E-state index is 12.2. The van der Waals surface area contributed by atoms with Crippen LogP contribution in [0.3, 0.4) is 0 Å². The second kappa shape index (κ2) is 5.68. The van der Waals surface area contributed by atoms with Crippen LogP contribution in [0.25, 0.3) is 0 Å². The van der Waals surface area contributed by atoms with Gasteiger partial charge < -0.3 is 15.4 Å². The molecule has 4 nitrogen and oxygen atoms in total. The molecule has 1 aromatic carbocycles. The van der Waals surface area contributed by atoms with Crippen molar-refractivity contribution in [3.05, 3.63) is 28.8 Å². The molecule has 4 heteroatoms. The van der Waals surface area contributed by atoms with Gasteiger partial charge in [-0.1, -0.05) is 6.07 Å². The van der Waals surface area contributed by atoms with Crippen molar-refractivity contribution in [3.8, 4) is 0 Å². The third-order valence-corrected chi connectivity index (χ3v) is 4.85.